The molecule has 116 valence electrons. The molecule has 0 bridgehead atoms. The number of hydrogen-bond donors (Lipinski definition) is 3. The van der Waals surface area contributed by atoms with Crippen LogP contribution in [0.25, 0.3) is 0 Å². The van der Waals surface area contributed by atoms with E-state index in [0.29, 0.717) is 12.3 Å². The summed E-state index contributed by atoms with van der Waals surface area (Å²) in [6.45, 7) is 3.47. The SMILES string of the molecule is CC(=O)Nc1ccc(NC(=O)CC2CCNCC2)cc1.Cl. The van der Waals surface area contributed by atoms with E-state index in [1.165, 1.54) is 6.92 Å². The first-order chi connectivity index (χ1) is 9.63. The highest BCUT2D eigenvalue weighted by atomic mass is 35.5. The van der Waals surface area contributed by atoms with Gasteiger partial charge in [-0.25, -0.2) is 0 Å². The second-order valence-electron chi connectivity index (χ2n) is 5.20. The summed E-state index contributed by atoms with van der Waals surface area (Å²) in [7, 11) is 0. The van der Waals surface area contributed by atoms with Crippen molar-refractivity contribution in [2.75, 3.05) is 23.7 Å². The molecule has 2 amide bonds. The maximum absolute atomic E-state index is 11.9. The molecule has 5 nitrogen and oxygen atoms in total. The van der Waals surface area contributed by atoms with Gasteiger partial charge >= 0.3 is 0 Å². The fourth-order valence-electron chi connectivity index (χ4n) is 2.40. The Bertz CT molecular complexity index is 470. The Labute approximate surface area is 131 Å². The Kier molecular flexibility index (Phi) is 7.19. The van der Waals surface area contributed by atoms with E-state index in [0.717, 1.165) is 37.3 Å². The van der Waals surface area contributed by atoms with Gasteiger partial charge in [0.15, 0.2) is 0 Å². The van der Waals surface area contributed by atoms with Gasteiger partial charge in [0.1, 0.15) is 0 Å². The second kappa shape index (κ2) is 8.64. The van der Waals surface area contributed by atoms with Crippen molar-refractivity contribution in [3.8, 4) is 0 Å². The van der Waals surface area contributed by atoms with Crippen LogP contribution in [-0.2, 0) is 9.59 Å². The first-order valence-corrected chi connectivity index (χ1v) is 7.02. The van der Waals surface area contributed by atoms with Gasteiger partial charge in [0.2, 0.25) is 11.8 Å². The zero-order valence-electron chi connectivity index (χ0n) is 12.1. The number of carbonyl (C=O) groups is 2. The lowest BCUT2D eigenvalue weighted by Gasteiger charge is -2.21. The van der Waals surface area contributed by atoms with Crippen molar-refractivity contribution in [1.29, 1.82) is 0 Å². The molecule has 1 saturated heterocycles. The van der Waals surface area contributed by atoms with Gasteiger partial charge in [0.25, 0.3) is 0 Å². The summed E-state index contributed by atoms with van der Waals surface area (Å²) in [5.74, 6) is 0.437. The van der Waals surface area contributed by atoms with Crippen LogP contribution in [0.1, 0.15) is 26.2 Å². The molecule has 3 N–H and O–H groups in total. The first kappa shape index (κ1) is 17.5. The van der Waals surface area contributed by atoms with Crippen LogP contribution < -0.4 is 16.0 Å². The molecule has 0 atom stereocenters. The van der Waals surface area contributed by atoms with Crippen molar-refractivity contribution in [2.45, 2.75) is 26.2 Å². The molecule has 1 aliphatic rings. The van der Waals surface area contributed by atoms with E-state index in [9.17, 15) is 9.59 Å². The fraction of sp³-hybridized carbons (Fsp3) is 0.467. The second-order valence-corrected chi connectivity index (χ2v) is 5.20. The molecule has 1 aliphatic heterocycles. The molecule has 2 rings (SSSR count). The van der Waals surface area contributed by atoms with Crippen LogP contribution in [-0.4, -0.2) is 24.9 Å². The van der Waals surface area contributed by atoms with E-state index in [-0.39, 0.29) is 24.2 Å². The van der Waals surface area contributed by atoms with E-state index in [1.807, 2.05) is 0 Å². The molecule has 0 aliphatic carbocycles. The summed E-state index contributed by atoms with van der Waals surface area (Å²) in [6.07, 6.45) is 2.71. The molecule has 0 radical (unpaired) electrons. The van der Waals surface area contributed by atoms with Crippen LogP contribution in [0.3, 0.4) is 0 Å². The lowest BCUT2D eigenvalue weighted by Crippen LogP contribution is -2.30. The quantitative estimate of drug-likeness (QED) is 0.799. The standard InChI is InChI=1S/C15H21N3O2.ClH/c1-11(19)17-13-2-4-14(5-3-13)18-15(20)10-12-6-8-16-9-7-12;/h2-5,12,16H,6-10H2,1H3,(H,17,19)(H,18,20);1H. The highest BCUT2D eigenvalue weighted by molar-refractivity contribution is 5.92. The third-order valence-electron chi connectivity index (χ3n) is 3.42. The average molecular weight is 312 g/mol. The van der Waals surface area contributed by atoms with Crippen molar-refractivity contribution < 1.29 is 9.59 Å². The lowest BCUT2D eigenvalue weighted by molar-refractivity contribution is -0.117. The minimum atomic E-state index is -0.104. The van der Waals surface area contributed by atoms with Crippen LogP contribution in [0.2, 0.25) is 0 Å². The molecule has 0 saturated carbocycles. The Hall–Kier alpha value is -1.59. The Morgan fingerprint density at radius 2 is 1.62 bits per heavy atom. The summed E-state index contributed by atoms with van der Waals surface area (Å²) in [5.41, 5.74) is 1.49. The van der Waals surface area contributed by atoms with Gasteiger partial charge in [-0.05, 0) is 56.1 Å². The predicted molar refractivity (Wildman–Crippen MR) is 86.8 cm³/mol. The highest BCUT2D eigenvalue weighted by Crippen LogP contribution is 2.18. The third-order valence-corrected chi connectivity index (χ3v) is 3.42. The largest absolute Gasteiger partial charge is 0.326 e. The van der Waals surface area contributed by atoms with Crippen molar-refractivity contribution >= 4 is 35.6 Å². The van der Waals surface area contributed by atoms with Crippen LogP contribution in [0, 0.1) is 5.92 Å². The molecular formula is C15H22ClN3O2. The van der Waals surface area contributed by atoms with E-state index in [1.54, 1.807) is 24.3 Å². The fourth-order valence-corrected chi connectivity index (χ4v) is 2.40. The van der Waals surface area contributed by atoms with Gasteiger partial charge in [0.05, 0.1) is 0 Å². The van der Waals surface area contributed by atoms with E-state index < -0.39 is 0 Å². The summed E-state index contributed by atoms with van der Waals surface area (Å²) in [4.78, 5) is 22.9. The number of carbonyl (C=O) groups excluding carboxylic acids is 2. The minimum Gasteiger partial charge on any atom is -0.326 e. The lowest BCUT2D eigenvalue weighted by atomic mass is 9.94. The molecule has 1 aromatic carbocycles. The van der Waals surface area contributed by atoms with E-state index in [2.05, 4.69) is 16.0 Å². The number of amides is 2. The van der Waals surface area contributed by atoms with Crippen LogP contribution in [0.4, 0.5) is 11.4 Å². The minimum absolute atomic E-state index is 0. The summed E-state index contributed by atoms with van der Waals surface area (Å²) < 4.78 is 0. The van der Waals surface area contributed by atoms with Crippen LogP contribution in [0.15, 0.2) is 24.3 Å². The van der Waals surface area contributed by atoms with Gasteiger partial charge in [0, 0.05) is 24.7 Å². The zero-order chi connectivity index (χ0) is 14.4. The number of benzene rings is 1. The number of halogens is 1. The summed E-state index contributed by atoms with van der Waals surface area (Å²) in [5, 5.41) is 8.88. The molecule has 0 aromatic heterocycles. The number of hydrogen-bond acceptors (Lipinski definition) is 3. The van der Waals surface area contributed by atoms with Gasteiger partial charge in [-0.3, -0.25) is 9.59 Å². The average Bonchev–Trinajstić information content (AvgIpc) is 2.41. The molecule has 0 spiro atoms. The van der Waals surface area contributed by atoms with Gasteiger partial charge in [-0.1, -0.05) is 0 Å². The summed E-state index contributed by atoms with van der Waals surface area (Å²) >= 11 is 0. The Morgan fingerprint density at radius 3 is 2.14 bits per heavy atom. The van der Waals surface area contributed by atoms with Crippen molar-refractivity contribution in [3.63, 3.8) is 0 Å². The third kappa shape index (κ3) is 6.14. The predicted octanol–water partition coefficient (Wildman–Crippen LogP) is 2.40. The smallest absolute Gasteiger partial charge is 0.224 e. The topological polar surface area (TPSA) is 70.2 Å². The molecule has 21 heavy (non-hydrogen) atoms. The molecular weight excluding hydrogens is 290 g/mol. The highest BCUT2D eigenvalue weighted by Gasteiger charge is 2.16. The normalized spacial score (nSPS) is 14.9. The van der Waals surface area contributed by atoms with Gasteiger partial charge in [-0.2, -0.15) is 0 Å². The first-order valence-electron chi connectivity index (χ1n) is 7.02. The van der Waals surface area contributed by atoms with Crippen molar-refractivity contribution in [1.82, 2.24) is 5.32 Å². The molecule has 6 heteroatoms. The van der Waals surface area contributed by atoms with Crippen LogP contribution >= 0.6 is 12.4 Å². The molecule has 1 fully saturated rings. The molecule has 1 aromatic rings. The Morgan fingerprint density at radius 1 is 1.10 bits per heavy atom. The van der Waals surface area contributed by atoms with Crippen molar-refractivity contribution in [2.24, 2.45) is 5.92 Å². The van der Waals surface area contributed by atoms with Gasteiger partial charge < -0.3 is 16.0 Å². The monoisotopic (exact) mass is 311 g/mol. The number of rotatable bonds is 4. The summed E-state index contributed by atoms with van der Waals surface area (Å²) in [6, 6.07) is 7.15. The Balaban J connectivity index is 0.00000220. The van der Waals surface area contributed by atoms with E-state index in [4.69, 9.17) is 0 Å². The van der Waals surface area contributed by atoms with Crippen molar-refractivity contribution in [3.05, 3.63) is 24.3 Å². The van der Waals surface area contributed by atoms with E-state index >= 15 is 0 Å². The maximum atomic E-state index is 11.9. The van der Waals surface area contributed by atoms with Crippen LogP contribution in [0.5, 0.6) is 0 Å². The number of anilines is 2. The molecule has 0 unspecified atom stereocenters. The molecule has 1 heterocycles. The zero-order valence-corrected chi connectivity index (χ0v) is 13.0. The van der Waals surface area contributed by atoms with Gasteiger partial charge in [-0.15, -0.1) is 12.4 Å². The maximum Gasteiger partial charge on any atom is 0.224 e. The number of piperidine rings is 1. The number of nitrogens with one attached hydrogen (secondary N) is 3.